The van der Waals surface area contributed by atoms with Gasteiger partial charge in [0.05, 0.1) is 28.6 Å². The predicted molar refractivity (Wildman–Crippen MR) is 132 cm³/mol. The molecule has 0 bridgehead atoms. The highest BCUT2D eigenvalue weighted by atomic mass is 16.3. The Morgan fingerprint density at radius 1 is 1.09 bits per heavy atom. The minimum Gasteiger partial charge on any atom is -0.507 e. The number of rotatable bonds is 5. The molecule has 2 aromatic carbocycles. The summed E-state index contributed by atoms with van der Waals surface area (Å²) in [6, 6.07) is 13.7. The molecule has 1 aliphatic carbocycles. The highest BCUT2D eigenvalue weighted by Crippen LogP contribution is 2.39. The van der Waals surface area contributed by atoms with Gasteiger partial charge in [-0.3, -0.25) is 9.78 Å². The fraction of sp³-hybridized carbons (Fsp3) is 0.269. The SMILES string of the molecule is CC(C)NC(=O)n1nc(-c2ccc(NC(=O)c3cnc4ccccc4n3)cc2O)cc1C1CCC1. The summed E-state index contributed by atoms with van der Waals surface area (Å²) in [5, 5.41) is 20.9. The summed E-state index contributed by atoms with van der Waals surface area (Å²) in [7, 11) is 0. The Hall–Kier alpha value is -4.27. The lowest BCUT2D eigenvalue weighted by atomic mass is 9.82. The topological polar surface area (TPSA) is 122 Å². The summed E-state index contributed by atoms with van der Waals surface area (Å²) in [5.41, 5.74) is 3.73. The first-order valence-corrected chi connectivity index (χ1v) is 11.7. The van der Waals surface area contributed by atoms with E-state index in [9.17, 15) is 14.7 Å². The molecule has 0 saturated heterocycles. The number of benzene rings is 2. The van der Waals surface area contributed by atoms with Crippen LogP contribution >= 0.6 is 0 Å². The van der Waals surface area contributed by atoms with E-state index in [2.05, 4.69) is 25.7 Å². The minimum atomic E-state index is -0.433. The third-order valence-corrected chi connectivity index (χ3v) is 6.08. The number of phenolic OH excluding ortho intramolecular Hbond substituents is 1. The second-order valence-electron chi connectivity index (χ2n) is 9.03. The average molecular weight is 471 g/mol. The summed E-state index contributed by atoms with van der Waals surface area (Å²) in [6.45, 7) is 3.79. The van der Waals surface area contributed by atoms with Crippen molar-refractivity contribution in [1.82, 2.24) is 25.1 Å². The van der Waals surface area contributed by atoms with Gasteiger partial charge in [0, 0.05) is 29.3 Å². The van der Waals surface area contributed by atoms with Gasteiger partial charge >= 0.3 is 6.03 Å². The number of carbonyl (C=O) groups excluding carboxylic acids is 2. The summed E-state index contributed by atoms with van der Waals surface area (Å²) in [4.78, 5) is 34.0. The smallest absolute Gasteiger partial charge is 0.342 e. The number of nitrogens with zero attached hydrogens (tertiary/aromatic N) is 4. The molecule has 9 heteroatoms. The number of phenols is 1. The van der Waals surface area contributed by atoms with Crippen LogP contribution in [0.15, 0.2) is 54.7 Å². The number of anilines is 1. The molecule has 178 valence electrons. The molecule has 2 aromatic heterocycles. The molecule has 3 N–H and O–H groups in total. The fourth-order valence-corrected chi connectivity index (χ4v) is 4.08. The van der Waals surface area contributed by atoms with Gasteiger partial charge in [0.15, 0.2) is 0 Å². The van der Waals surface area contributed by atoms with Crippen LogP contribution in [-0.4, -0.2) is 42.8 Å². The fourth-order valence-electron chi connectivity index (χ4n) is 4.08. The van der Waals surface area contributed by atoms with Crippen molar-refractivity contribution >= 4 is 28.7 Å². The van der Waals surface area contributed by atoms with E-state index in [0.717, 1.165) is 25.0 Å². The van der Waals surface area contributed by atoms with E-state index < -0.39 is 5.91 Å². The van der Waals surface area contributed by atoms with Crippen LogP contribution in [0.25, 0.3) is 22.3 Å². The van der Waals surface area contributed by atoms with Crippen LogP contribution in [0.1, 0.15) is 55.2 Å². The van der Waals surface area contributed by atoms with Gasteiger partial charge in [0.25, 0.3) is 5.91 Å². The summed E-state index contributed by atoms with van der Waals surface area (Å²) >= 11 is 0. The Balaban J connectivity index is 1.39. The van der Waals surface area contributed by atoms with Crippen LogP contribution in [0.4, 0.5) is 10.5 Å². The molecule has 5 rings (SSSR count). The van der Waals surface area contributed by atoms with Crippen molar-refractivity contribution in [2.75, 3.05) is 5.32 Å². The zero-order valence-corrected chi connectivity index (χ0v) is 19.5. The maximum absolute atomic E-state index is 12.7. The normalized spacial score (nSPS) is 13.6. The third kappa shape index (κ3) is 4.57. The van der Waals surface area contributed by atoms with E-state index in [4.69, 9.17) is 0 Å². The second kappa shape index (κ2) is 9.17. The first-order valence-electron chi connectivity index (χ1n) is 11.7. The van der Waals surface area contributed by atoms with E-state index in [-0.39, 0.29) is 29.4 Å². The Morgan fingerprint density at radius 2 is 1.86 bits per heavy atom. The zero-order valence-electron chi connectivity index (χ0n) is 19.5. The van der Waals surface area contributed by atoms with Gasteiger partial charge in [-0.25, -0.2) is 9.78 Å². The van der Waals surface area contributed by atoms with Crippen molar-refractivity contribution in [3.8, 4) is 17.0 Å². The summed E-state index contributed by atoms with van der Waals surface area (Å²) in [5.74, 6) is -0.211. The van der Waals surface area contributed by atoms with E-state index in [1.807, 2.05) is 38.1 Å². The van der Waals surface area contributed by atoms with Crippen LogP contribution in [0.3, 0.4) is 0 Å². The second-order valence-corrected chi connectivity index (χ2v) is 9.03. The molecule has 1 aliphatic rings. The summed E-state index contributed by atoms with van der Waals surface area (Å²) < 4.78 is 1.41. The number of para-hydroxylation sites is 2. The van der Waals surface area contributed by atoms with Crippen molar-refractivity contribution in [3.63, 3.8) is 0 Å². The van der Waals surface area contributed by atoms with Gasteiger partial charge in [0.1, 0.15) is 11.4 Å². The number of hydrogen-bond donors (Lipinski definition) is 3. The monoisotopic (exact) mass is 470 g/mol. The lowest BCUT2D eigenvalue weighted by Crippen LogP contribution is -2.36. The van der Waals surface area contributed by atoms with Crippen LogP contribution in [0.2, 0.25) is 0 Å². The Kier molecular flexibility index (Phi) is 5.90. The number of nitrogens with one attached hydrogen (secondary N) is 2. The summed E-state index contributed by atoms with van der Waals surface area (Å²) in [6.07, 6.45) is 4.56. The van der Waals surface area contributed by atoms with Crippen LogP contribution in [0, 0.1) is 0 Å². The van der Waals surface area contributed by atoms with E-state index >= 15 is 0 Å². The van der Waals surface area contributed by atoms with Crippen molar-refractivity contribution < 1.29 is 14.7 Å². The molecule has 0 spiro atoms. The molecule has 0 aliphatic heterocycles. The minimum absolute atomic E-state index is 0.0204. The maximum atomic E-state index is 12.7. The first kappa shape index (κ1) is 22.5. The van der Waals surface area contributed by atoms with Gasteiger partial charge < -0.3 is 15.7 Å². The van der Waals surface area contributed by atoms with Crippen LogP contribution < -0.4 is 10.6 Å². The van der Waals surface area contributed by atoms with Crippen molar-refractivity contribution in [3.05, 3.63) is 66.1 Å². The molecule has 9 nitrogen and oxygen atoms in total. The van der Waals surface area contributed by atoms with Crippen molar-refractivity contribution in [2.24, 2.45) is 0 Å². The van der Waals surface area contributed by atoms with Gasteiger partial charge in [-0.2, -0.15) is 9.78 Å². The number of fused-ring (bicyclic) bond motifs is 1. The van der Waals surface area contributed by atoms with E-state index in [1.165, 1.54) is 16.9 Å². The largest absolute Gasteiger partial charge is 0.507 e. The third-order valence-electron chi connectivity index (χ3n) is 6.08. The van der Waals surface area contributed by atoms with Crippen molar-refractivity contribution in [2.45, 2.75) is 45.1 Å². The quantitative estimate of drug-likeness (QED) is 0.389. The molecule has 0 unspecified atom stereocenters. The molecule has 0 atom stereocenters. The molecule has 1 saturated carbocycles. The molecule has 1 fully saturated rings. The molecule has 2 amide bonds. The Bertz CT molecular complexity index is 1420. The number of aromatic hydroxyl groups is 1. The van der Waals surface area contributed by atoms with E-state index in [1.54, 1.807) is 18.2 Å². The Morgan fingerprint density at radius 3 is 2.54 bits per heavy atom. The van der Waals surface area contributed by atoms with Crippen LogP contribution in [0.5, 0.6) is 5.75 Å². The molecule has 35 heavy (non-hydrogen) atoms. The first-order chi connectivity index (χ1) is 16.9. The van der Waals surface area contributed by atoms with Gasteiger partial charge in [0.2, 0.25) is 0 Å². The number of amides is 2. The van der Waals surface area contributed by atoms with Crippen LogP contribution in [-0.2, 0) is 0 Å². The number of carbonyl (C=O) groups is 2. The molecule has 0 radical (unpaired) electrons. The molecular formula is C26H26N6O3. The number of aromatic nitrogens is 4. The standard InChI is InChI=1S/C26H26N6O3/c1-15(2)28-26(35)32-23(16-6-5-7-16)13-21(31-32)18-11-10-17(12-24(18)33)29-25(34)22-14-27-19-8-3-4-9-20(19)30-22/h3-4,8-16,33H,5-7H2,1-2H3,(H,28,35)(H,29,34). The Labute approximate surface area is 202 Å². The van der Waals surface area contributed by atoms with Gasteiger partial charge in [-0.15, -0.1) is 0 Å². The molecular weight excluding hydrogens is 444 g/mol. The molecule has 4 aromatic rings. The average Bonchev–Trinajstić information content (AvgIpc) is 3.21. The number of hydrogen-bond acceptors (Lipinski definition) is 6. The van der Waals surface area contributed by atoms with Gasteiger partial charge in [-0.05, 0) is 57.0 Å². The predicted octanol–water partition coefficient (Wildman–Crippen LogP) is 4.68. The lowest BCUT2D eigenvalue weighted by molar-refractivity contribution is 0.102. The lowest BCUT2D eigenvalue weighted by Gasteiger charge is -2.25. The maximum Gasteiger partial charge on any atom is 0.342 e. The highest BCUT2D eigenvalue weighted by molar-refractivity contribution is 6.03. The molecule has 2 heterocycles. The van der Waals surface area contributed by atoms with E-state index in [0.29, 0.717) is 28.0 Å². The van der Waals surface area contributed by atoms with Gasteiger partial charge in [-0.1, -0.05) is 18.6 Å². The van der Waals surface area contributed by atoms with Crippen molar-refractivity contribution in [1.29, 1.82) is 0 Å². The highest BCUT2D eigenvalue weighted by Gasteiger charge is 2.27. The zero-order chi connectivity index (χ0) is 24.5.